The maximum Gasteiger partial charge on any atom is 0.236 e. The van der Waals surface area contributed by atoms with Gasteiger partial charge in [0.1, 0.15) is 0 Å². The summed E-state index contributed by atoms with van der Waals surface area (Å²) in [4.78, 5) is 0. The van der Waals surface area contributed by atoms with E-state index in [2.05, 4.69) is 0 Å². The highest BCUT2D eigenvalue weighted by molar-refractivity contribution is 7.92. The zero-order chi connectivity index (χ0) is 14.7. The summed E-state index contributed by atoms with van der Waals surface area (Å²) < 4.78 is 25.0. The first kappa shape index (κ1) is 16.2. The van der Waals surface area contributed by atoms with E-state index in [1.807, 2.05) is 0 Å². The van der Waals surface area contributed by atoms with Gasteiger partial charge in [-0.05, 0) is 37.6 Å². The second-order valence-corrected chi connectivity index (χ2v) is 7.33. The molecule has 0 aliphatic carbocycles. The summed E-state index contributed by atoms with van der Waals surface area (Å²) in [5.74, 6) is 0. The van der Waals surface area contributed by atoms with Crippen LogP contribution in [0.3, 0.4) is 0 Å². The van der Waals surface area contributed by atoms with Crippen molar-refractivity contribution in [1.82, 2.24) is 4.31 Å². The summed E-state index contributed by atoms with van der Waals surface area (Å²) in [6, 6.07) is 6.83. The molecule has 0 saturated heterocycles. The Morgan fingerprint density at radius 1 is 1.32 bits per heavy atom. The largest absolute Gasteiger partial charge is 0.389 e. The molecule has 0 unspecified atom stereocenters. The fourth-order valence-corrected chi connectivity index (χ4v) is 2.64. The number of rotatable bonds is 5. The Balaban J connectivity index is 2.82. The average Bonchev–Trinajstić information content (AvgIpc) is 2.26. The van der Waals surface area contributed by atoms with Crippen LogP contribution in [0.15, 0.2) is 29.7 Å². The molecule has 0 aliphatic rings. The molecule has 1 aromatic carbocycles. The van der Waals surface area contributed by atoms with Gasteiger partial charge in [0.2, 0.25) is 10.0 Å². The molecule has 106 valence electrons. The van der Waals surface area contributed by atoms with E-state index >= 15 is 0 Å². The molecule has 1 rings (SSSR count). The van der Waals surface area contributed by atoms with Crippen molar-refractivity contribution in [1.29, 1.82) is 0 Å². The van der Waals surface area contributed by atoms with Crippen molar-refractivity contribution in [3.8, 4) is 0 Å². The second-order valence-electron chi connectivity index (χ2n) is 4.97. The van der Waals surface area contributed by atoms with Crippen LogP contribution in [-0.2, 0) is 10.0 Å². The second kappa shape index (κ2) is 6.05. The molecule has 1 N–H and O–H groups in total. The molecule has 0 atom stereocenters. The number of nitrogens with zero attached hydrogens (tertiary/aromatic N) is 1. The lowest BCUT2D eigenvalue weighted by Crippen LogP contribution is -2.38. The highest BCUT2D eigenvalue weighted by Gasteiger charge is 2.22. The number of hydrogen-bond donors (Lipinski definition) is 1. The van der Waals surface area contributed by atoms with Crippen LogP contribution in [-0.4, -0.2) is 37.0 Å². The van der Waals surface area contributed by atoms with Crippen LogP contribution in [0.1, 0.15) is 19.4 Å². The Hall–Kier alpha value is -0.880. The van der Waals surface area contributed by atoms with Crippen LogP contribution in [0.2, 0.25) is 5.02 Å². The van der Waals surface area contributed by atoms with Crippen molar-refractivity contribution in [2.45, 2.75) is 19.4 Å². The molecule has 0 spiro atoms. The summed E-state index contributed by atoms with van der Waals surface area (Å²) in [5, 5.41) is 11.3. The molecule has 0 aromatic heterocycles. The SMILES string of the molecule is CN(CC(C)(C)O)S(=O)(=O)C=Cc1ccc(Cl)cc1. The van der Waals surface area contributed by atoms with Crippen molar-refractivity contribution in [2.75, 3.05) is 13.6 Å². The molecule has 19 heavy (non-hydrogen) atoms. The normalized spacial score (nSPS) is 13.4. The summed E-state index contributed by atoms with van der Waals surface area (Å²) in [7, 11) is -2.11. The molecular formula is C13H18ClNO3S. The molecule has 1 aromatic rings. The smallest absolute Gasteiger partial charge is 0.236 e. The maximum absolute atomic E-state index is 12.0. The Morgan fingerprint density at radius 2 is 1.84 bits per heavy atom. The highest BCUT2D eigenvalue weighted by atomic mass is 35.5. The van der Waals surface area contributed by atoms with Crippen molar-refractivity contribution < 1.29 is 13.5 Å². The number of aliphatic hydroxyl groups is 1. The maximum atomic E-state index is 12.0. The first-order valence-corrected chi connectivity index (χ1v) is 7.61. The Labute approximate surface area is 119 Å². The zero-order valence-corrected chi connectivity index (χ0v) is 12.7. The number of halogens is 1. The van der Waals surface area contributed by atoms with E-state index in [1.165, 1.54) is 13.1 Å². The minimum absolute atomic E-state index is 0.0281. The Kier molecular flexibility index (Phi) is 5.15. The molecule has 6 heteroatoms. The molecule has 0 radical (unpaired) electrons. The molecule has 0 heterocycles. The van der Waals surface area contributed by atoms with E-state index in [4.69, 9.17) is 11.6 Å². The van der Waals surface area contributed by atoms with Crippen molar-refractivity contribution >= 4 is 27.7 Å². The first-order valence-electron chi connectivity index (χ1n) is 5.72. The van der Waals surface area contributed by atoms with Gasteiger partial charge in [0, 0.05) is 24.0 Å². The quantitative estimate of drug-likeness (QED) is 0.908. The van der Waals surface area contributed by atoms with Gasteiger partial charge in [0.05, 0.1) is 5.60 Å². The molecule has 0 amide bonds. The lowest BCUT2D eigenvalue weighted by atomic mass is 10.1. The van der Waals surface area contributed by atoms with Gasteiger partial charge in [-0.2, -0.15) is 4.31 Å². The standard InChI is InChI=1S/C13H18ClNO3S/c1-13(2,16)10-15(3)19(17,18)9-8-11-4-6-12(14)7-5-11/h4-9,16H,10H2,1-3H3. The van der Waals surface area contributed by atoms with Crippen LogP contribution in [0.5, 0.6) is 0 Å². The molecule has 0 fully saturated rings. The van der Waals surface area contributed by atoms with Gasteiger partial charge in [-0.25, -0.2) is 8.42 Å². The molecule has 0 saturated carbocycles. The van der Waals surface area contributed by atoms with E-state index < -0.39 is 15.6 Å². The predicted molar refractivity (Wildman–Crippen MR) is 78.3 cm³/mol. The summed E-state index contributed by atoms with van der Waals surface area (Å²) in [6.07, 6.45) is 1.49. The lowest BCUT2D eigenvalue weighted by Gasteiger charge is -2.23. The fraction of sp³-hybridized carbons (Fsp3) is 0.385. The van der Waals surface area contributed by atoms with E-state index in [0.29, 0.717) is 5.02 Å². The van der Waals surface area contributed by atoms with E-state index in [9.17, 15) is 13.5 Å². The number of sulfonamides is 1. The van der Waals surface area contributed by atoms with Crippen LogP contribution in [0.25, 0.3) is 6.08 Å². The zero-order valence-electron chi connectivity index (χ0n) is 11.2. The lowest BCUT2D eigenvalue weighted by molar-refractivity contribution is 0.0642. The third-order valence-electron chi connectivity index (χ3n) is 2.35. The van der Waals surface area contributed by atoms with Gasteiger partial charge >= 0.3 is 0 Å². The summed E-state index contributed by atoms with van der Waals surface area (Å²) in [5.41, 5.74) is -0.333. The van der Waals surface area contributed by atoms with Gasteiger partial charge in [-0.15, -0.1) is 0 Å². The van der Waals surface area contributed by atoms with E-state index in [1.54, 1.807) is 38.1 Å². The summed E-state index contributed by atoms with van der Waals surface area (Å²) >= 11 is 5.75. The monoisotopic (exact) mass is 303 g/mol. The minimum Gasteiger partial charge on any atom is -0.389 e. The van der Waals surface area contributed by atoms with Gasteiger partial charge in [-0.1, -0.05) is 23.7 Å². The molecule has 0 bridgehead atoms. The van der Waals surface area contributed by atoms with Gasteiger partial charge < -0.3 is 5.11 Å². The number of likely N-dealkylation sites (N-methyl/N-ethyl adjacent to an activating group) is 1. The van der Waals surface area contributed by atoms with Crippen molar-refractivity contribution in [3.63, 3.8) is 0 Å². The topological polar surface area (TPSA) is 57.6 Å². The van der Waals surface area contributed by atoms with Crippen LogP contribution >= 0.6 is 11.6 Å². The Bertz CT molecular complexity index is 544. The van der Waals surface area contributed by atoms with E-state index in [-0.39, 0.29) is 6.54 Å². The third-order valence-corrected chi connectivity index (χ3v) is 4.08. The van der Waals surface area contributed by atoms with Crippen LogP contribution in [0.4, 0.5) is 0 Å². The summed E-state index contributed by atoms with van der Waals surface area (Å²) in [6.45, 7) is 3.14. The average molecular weight is 304 g/mol. The first-order chi connectivity index (χ1) is 8.60. The van der Waals surface area contributed by atoms with Gasteiger partial charge in [-0.3, -0.25) is 0 Å². The van der Waals surface area contributed by atoms with Crippen molar-refractivity contribution in [2.24, 2.45) is 0 Å². The van der Waals surface area contributed by atoms with E-state index in [0.717, 1.165) is 15.3 Å². The molecule has 4 nitrogen and oxygen atoms in total. The van der Waals surface area contributed by atoms with Gasteiger partial charge in [0.25, 0.3) is 0 Å². The van der Waals surface area contributed by atoms with Crippen LogP contribution < -0.4 is 0 Å². The molecular weight excluding hydrogens is 286 g/mol. The fourth-order valence-electron chi connectivity index (χ4n) is 1.48. The van der Waals surface area contributed by atoms with Crippen LogP contribution in [0, 0.1) is 0 Å². The number of benzene rings is 1. The Morgan fingerprint density at radius 3 is 2.32 bits per heavy atom. The minimum atomic E-state index is -3.54. The molecule has 0 aliphatic heterocycles. The van der Waals surface area contributed by atoms with Crippen molar-refractivity contribution in [3.05, 3.63) is 40.3 Å². The third kappa shape index (κ3) is 5.74. The highest BCUT2D eigenvalue weighted by Crippen LogP contribution is 2.13. The predicted octanol–water partition coefficient (Wildman–Crippen LogP) is 2.34. The number of hydrogen-bond acceptors (Lipinski definition) is 3. The van der Waals surface area contributed by atoms with Gasteiger partial charge in [0.15, 0.2) is 0 Å².